The van der Waals surface area contributed by atoms with E-state index >= 15 is 0 Å². The van der Waals surface area contributed by atoms with Gasteiger partial charge < -0.3 is 0 Å². The first kappa shape index (κ1) is 23.1. The molecule has 1 fully saturated rings. The van der Waals surface area contributed by atoms with Gasteiger partial charge >= 0.3 is 0 Å². The Morgan fingerprint density at radius 1 is 0.594 bits per heavy atom. The third-order valence-electron chi connectivity index (χ3n) is 7.74. The maximum absolute atomic E-state index is 3.94. The Kier molecular flexibility index (Phi) is 4.85. The number of fused-ring (bicyclic) bond motifs is 1. The zero-order chi connectivity index (χ0) is 23.9. The fourth-order valence-corrected chi connectivity index (χ4v) is 6.16. The highest BCUT2D eigenvalue weighted by atomic mass is 14.7. The van der Waals surface area contributed by atoms with Gasteiger partial charge in [0.25, 0.3) is 0 Å². The highest BCUT2D eigenvalue weighted by Gasteiger charge is 2.73. The standard InChI is InChI=1S/C32H41/c1-21-20-31(11)27(26(21)30(8,9)10)32(31,24-16-12-22(13-17-24)28(2,3)4)25-18-14-23(15-19-25)29(5,6)7/h12-19H,1-11H3. The molecule has 0 N–H and O–H groups in total. The normalized spacial score (nSPS) is 22.7. The van der Waals surface area contributed by atoms with E-state index in [9.17, 15) is 0 Å². The summed E-state index contributed by atoms with van der Waals surface area (Å²) in [6, 6.07) is 18.9. The van der Waals surface area contributed by atoms with Crippen LogP contribution in [0.3, 0.4) is 0 Å². The second-order valence-electron chi connectivity index (χ2n) is 13.3. The number of rotatable bonds is 2. The van der Waals surface area contributed by atoms with Crippen LogP contribution < -0.4 is 0 Å². The van der Waals surface area contributed by atoms with Gasteiger partial charge in [-0.3, -0.25) is 0 Å². The van der Waals surface area contributed by atoms with E-state index in [0.717, 1.165) is 0 Å². The van der Waals surface area contributed by atoms with Crippen LogP contribution in [-0.2, 0) is 16.2 Å². The Morgan fingerprint density at radius 2 is 0.969 bits per heavy atom. The van der Waals surface area contributed by atoms with Crippen molar-refractivity contribution in [3.63, 3.8) is 0 Å². The van der Waals surface area contributed by atoms with Crippen molar-refractivity contribution in [2.45, 2.75) is 92.4 Å². The molecule has 0 heteroatoms. The maximum Gasteiger partial charge on any atom is 0.0558 e. The third kappa shape index (κ3) is 3.17. The van der Waals surface area contributed by atoms with E-state index in [-0.39, 0.29) is 27.1 Å². The Morgan fingerprint density at radius 3 is 1.28 bits per heavy atom. The van der Waals surface area contributed by atoms with E-state index in [0.29, 0.717) is 0 Å². The van der Waals surface area contributed by atoms with E-state index in [1.54, 1.807) is 5.57 Å². The van der Waals surface area contributed by atoms with Crippen molar-refractivity contribution in [3.05, 3.63) is 93.6 Å². The van der Waals surface area contributed by atoms with Crippen molar-refractivity contribution in [1.82, 2.24) is 0 Å². The molecular formula is C32H41. The van der Waals surface area contributed by atoms with Gasteiger partial charge in [0, 0.05) is 5.41 Å². The Bertz CT molecular complexity index is 1040. The predicted molar refractivity (Wildman–Crippen MR) is 138 cm³/mol. The summed E-state index contributed by atoms with van der Waals surface area (Å²) in [5.74, 6) is 0. The molecule has 0 saturated heterocycles. The maximum atomic E-state index is 3.94. The number of benzene rings is 2. The predicted octanol–water partition coefficient (Wildman–Crippen LogP) is 8.69. The number of hydrogen-bond acceptors (Lipinski definition) is 0. The van der Waals surface area contributed by atoms with Crippen molar-refractivity contribution in [3.8, 4) is 0 Å². The molecular weight excluding hydrogens is 384 g/mol. The minimum absolute atomic E-state index is 0.0772. The van der Waals surface area contributed by atoms with Gasteiger partial charge in [-0.25, -0.2) is 0 Å². The molecule has 0 amide bonds. The average Bonchev–Trinajstić information content (AvgIpc) is 3.03. The zero-order valence-electron chi connectivity index (χ0n) is 22.1. The average molecular weight is 426 g/mol. The molecule has 32 heavy (non-hydrogen) atoms. The smallest absolute Gasteiger partial charge is 0.0558 e. The summed E-state index contributed by atoms with van der Waals surface area (Å²) in [7, 11) is 0. The Balaban J connectivity index is 1.96. The lowest BCUT2D eigenvalue weighted by molar-refractivity contribution is 0.506. The van der Waals surface area contributed by atoms with E-state index < -0.39 is 0 Å². The van der Waals surface area contributed by atoms with Gasteiger partial charge in [0.05, 0.1) is 5.41 Å². The van der Waals surface area contributed by atoms with Gasteiger partial charge in [-0.05, 0) is 68.2 Å². The van der Waals surface area contributed by atoms with E-state index in [1.807, 2.05) is 0 Å². The van der Waals surface area contributed by atoms with Crippen molar-refractivity contribution in [2.75, 3.05) is 0 Å². The molecule has 1 unspecified atom stereocenters. The fraction of sp³-hybridized carbons (Fsp3) is 0.500. The summed E-state index contributed by atoms with van der Waals surface area (Å²) in [6.07, 6.45) is 3.94. The first-order valence-corrected chi connectivity index (χ1v) is 12.1. The molecule has 4 rings (SSSR count). The molecule has 169 valence electrons. The lowest BCUT2D eigenvalue weighted by atomic mass is 9.74. The number of allylic oxidation sites excluding steroid dienone is 4. The van der Waals surface area contributed by atoms with Crippen LogP contribution in [0.1, 0.15) is 98.4 Å². The summed E-state index contributed by atoms with van der Waals surface area (Å²) >= 11 is 0. The lowest BCUT2D eigenvalue weighted by Gasteiger charge is -2.29. The lowest BCUT2D eigenvalue weighted by Crippen LogP contribution is -2.22. The molecule has 2 aromatic carbocycles. The summed E-state index contributed by atoms with van der Waals surface area (Å²) in [5, 5.41) is 0. The zero-order valence-corrected chi connectivity index (χ0v) is 22.1. The Hall–Kier alpha value is -2.08. The van der Waals surface area contributed by atoms with Gasteiger partial charge in [0.2, 0.25) is 0 Å². The quantitative estimate of drug-likeness (QED) is 0.451. The van der Waals surface area contributed by atoms with E-state index in [2.05, 4.69) is 131 Å². The largest absolute Gasteiger partial charge is 0.0582 e. The molecule has 1 radical (unpaired) electrons. The molecule has 2 aromatic rings. The minimum Gasteiger partial charge on any atom is -0.0582 e. The molecule has 0 spiro atoms. The van der Waals surface area contributed by atoms with Gasteiger partial charge in [-0.15, -0.1) is 0 Å². The summed E-state index contributed by atoms with van der Waals surface area (Å²) in [6.45, 7) is 25.4. The first-order chi connectivity index (χ1) is 14.5. The topological polar surface area (TPSA) is 0 Å². The van der Waals surface area contributed by atoms with Crippen molar-refractivity contribution >= 4 is 0 Å². The van der Waals surface area contributed by atoms with Crippen LogP contribution in [-0.4, -0.2) is 0 Å². The molecule has 0 heterocycles. The third-order valence-corrected chi connectivity index (χ3v) is 7.74. The van der Waals surface area contributed by atoms with Crippen LogP contribution in [0.2, 0.25) is 0 Å². The molecule has 2 aliphatic rings. The van der Waals surface area contributed by atoms with Crippen molar-refractivity contribution < 1.29 is 0 Å². The molecule has 0 aromatic heterocycles. The van der Waals surface area contributed by atoms with Crippen LogP contribution in [0.15, 0.2) is 65.3 Å². The minimum atomic E-state index is -0.123. The summed E-state index contributed by atoms with van der Waals surface area (Å²) in [4.78, 5) is 0. The molecule has 0 nitrogen and oxygen atoms in total. The molecule has 1 atom stereocenters. The second kappa shape index (κ2) is 6.72. The molecule has 0 aliphatic heterocycles. The highest BCUT2D eigenvalue weighted by molar-refractivity contribution is 5.76. The summed E-state index contributed by atoms with van der Waals surface area (Å²) in [5.41, 5.74) is 10.2. The van der Waals surface area contributed by atoms with Crippen LogP contribution in [0.5, 0.6) is 0 Å². The highest BCUT2D eigenvalue weighted by Crippen LogP contribution is 2.78. The van der Waals surface area contributed by atoms with Crippen LogP contribution >= 0.6 is 0 Å². The number of hydrogen-bond donors (Lipinski definition) is 0. The fourth-order valence-electron chi connectivity index (χ4n) is 6.16. The second-order valence-corrected chi connectivity index (χ2v) is 13.3. The van der Waals surface area contributed by atoms with Gasteiger partial charge in [0.1, 0.15) is 0 Å². The molecule has 1 saturated carbocycles. The van der Waals surface area contributed by atoms with Crippen molar-refractivity contribution in [1.29, 1.82) is 0 Å². The van der Waals surface area contributed by atoms with Gasteiger partial charge in [-0.2, -0.15) is 0 Å². The van der Waals surface area contributed by atoms with E-state index in [4.69, 9.17) is 0 Å². The SMILES string of the molecule is CC1=[C]C2(C)C(=C1C(C)(C)C)C2(c1ccc(C(C)(C)C)cc1)c1ccc(C(C)(C)C)cc1. The first-order valence-electron chi connectivity index (χ1n) is 12.1. The Labute approximate surface area is 196 Å². The van der Waals surface area contributed by atoms with Crippen LogP contribution in [0.25, 0.3) is 0 Å². The summed E-state index contributed by atoms with van der Waals surface area (Å²) < 4.78 is 0. The van der Waals surface area contributed by atoms with Crippen LogP contribution in [0, 0.1) is 16.9 Å². The van der Waals surface area contributed by atoms with E-state index in [1.165, 1.54) is 33.4 Å². The molecule has 2 aliphatic carbocycles. The van der Waals surface area contributed by atoms with Crippen molar-refractivity contribution in [2.24, 2.45) is 10.8 Å². The van der Waals surface area contributed by atoms with Gasteiger partial charge in [-0.1, -0.05) is 118 Å². The monoisotopic (exact) mass is 425 g/mol. The molecule has 0 bridgehead atoms. The van der Waals surface area contributed by atoms with Gasteiger partial charge in [0.15, 0.2) is 0 Å². The van der Waals surface area contributed by atoms with Crippen LogP contribution in [0.4, 0.5) is 0 Å².